The van der Waals surface area contributed by atoms with Gasteiger partial charge in [-0.2, -0.15) is 0 Å². The molecule has 0 fully saturated rings. The van der Waals surface area contributed by atoms with E-state index in [-0.39, 0.29) is 17.3 Å². The first kappa shape index (κ1) is 15.6. The van der Waals surface area contributed by atoms with Crippen LogP contribution in [-0.2, 0) is 22.3 Å². The topological polar surface area (TPSA) is 43.1 Å². The zero-order valence-corrected chi connectivity index (χ0v) is 13.5. The zero-order chi connectivity index (χ0) is 16.2. The van der Waals surface area contributed by atoms with Crippen molar-refractivity contribution in [2.24, 2.45) is 0 Å². The molecule has 0 aliphatic carbocycles. The highest BCUT2D eigenvalue weighted by atomic mass is 32.2. The number of aromatic nitrogens is 1. The molecule has 1 atom stereocenters. The van der Waals surface area contributed by atoms with E-state index in [1.54, 1.807) is 18.2 Å². The summed E-state index contributed by atoms with van der Waals surface area (Å²) in [7, 11) is -1.24. The van der Waals surface area contributed by atoms with Crippen molar-refractivity contribution >= 4 is 10.8 Å². The van der Waals surface area contributed by atoms with Crippen LogP contribution in [0, 0.1) is 12.7 Å². The first-order valence-corrected chi connectivity index (χ1v) is 8.70. The zero-order valence-electron chi connectivity index (χ0n) is 12.7. The SMILES string of the molecule is Cc1ccc(-c2nc(C[S@@](=O)Cc3ccccc3F)co2)cc1. The number of halogens is 1. The summed E-state index contributed by atoms with van der Waals surface area (Å²) in [5.41, 5.74) is 3.09. The number of nitrogens with zero attached hydrogens (tertiary/aromatic N) is 1. The molecule has 0 amide bonds. The van der Waals surface area contributed by atoms with Crippen LogP contribution in [0.5, 0.6) is 0 Å². The lowest BCUT2D eigenvalue weighted by Gasteiger charge is -2.02. The molecule has 0 bridgehead atoms. The lowest BCUT2D eigenvalue weighted by atomic mass is 10.1. The Morgan fingerprint density at radius 3 is 2.57 bits per heavy atom. The average molecular weight is 329 g/mol. The quantitative estimate of drug-likeness (QED) is 0.703. The first-order valence-electron chi connectivity index (χ1n) is 7.21. The highest BCUT2D eigenvalue weighted by molar-refractivity contribution is 7.83. The third-order valence-electron chi connectivity index (χ3n) is 3.43. The van der Waals surface area contributed by atoms with Gasteiger partial charge < -0.3 is 4.42 Å². The number of rotatable bonds is 5. The summed E-state index contributed by atoms with van der Waals surface area (Å²) < 4.78 is 31.2. The highest BCUT2D eigenvalue weighted by Crippen LogP contribution is 2.20. The number of hydrogen-bond donors (Lipinski definition) is 0. The Morgan fingerprint density at radius 1 is 1.09 bits per heavy atom. The van der Waals surface area contributed by atoms with Gasteiger partial charge in [0, 0.05) is 21.9 Å². The van der Waals surface area contributed by atoms with Crippen molar-refractivity contribution in [1.29, 1.82) is 0 Å². The van der Waals surface area contributed by atoms with Crippen LogP contribution < -0.4 is 0 Å². The molecule has 0 saturated carbocycles. The van der Waals surface area contributed by atoms with Crippen LogP contribution >= 0.6 is 0 Å². The predicted molar refractivity (Wildman–Crippen MR) is 88.6 cm³/mol. The van der Waals surface area contributed by atoms with Crippen LogP contribution in [-0.4, -0.2) is 9.19 Å². The van der Waals surface area contributed by atoms with Gasteiger partial charge in [-0.1, -0.05) is 35.9 Å². The maximum atomic E-state index is 13.6. The molecule has 1 aromatic heterocycles. The van der Waals surface area contributed by atoms with Gasteiger partial charge in [0.2, 0.25) is 5.89 Å². The maximum absolute atomic E-state index is 13.6. The van der Waals surface area contributed by atoms with E-state index in [1.165, 1.54) is 12.3 Å². The molecule has 1 heterocycles. The summed E-state index contributed by atoms with van der Waals surface area (Å²) in [6.07, 6.45) is 1.51. The summed E-state index contributed by atoms with van der Waals surface area (Å²) in [6.45, 7) is 2.01. The predicted octanol–water partition coefficient (Wildman–Crippen LogP) is 4.24. The van der Waals surface area contributed by atoms with Crippen LogP contribution in [0.15, 0.2) is 59.2 Å². The summed E-state index contributed by atoms with van der Waals surface area (Å²) in [5.74, 6) is 0.576. The first-order chi connectivity index (χ1) is 11.1. The van der Waals surface area contributed by atoms with Gasteiger partial charge in [-0.3, -0.25) is 4.21 Å². The monoisotopic (exact) mass is 329 g/mol. The van der Waals surface area contributed by atoms with Gasteiger partial charge in [-0.25, -0.2) is 9.37 Å². The van der Waals surface area contributed by atoms with E-state index in [2.05, 4.69) is 4.98 Å². The molecule has 0 aliphatic heterocycles. The van der Waals surface area contributed by atoms with Crippen molar-refractivity contribution in [3.63, 3.8) is 0 Å². The molecular weight excluding hydrogens is 313 g/mol. The molecule has 3 nitrogen and oxygen atoms in total. The van der Waals surface area contributed by atoms with Crippen LogP contribution in [0.1, 0.15) is 16.8 Å². The molecule has 0 unspecified atom stereocenters. The Morgan fingerprint density at radius 2 is 1.83 bits per heavy atom. The largest absolute Gasteiger partial charge is 0.444 e. The molecule has 0 N–H and O–H groups in total. The Kier molecular flexibility index (Phi) is 4.67. The second-order valence-electron chi connectivity index (χ2n) is 5.33. The van der Waals surface area contributed by atoms with Gasteiger partial charge >= 0.3 is 0 Å². The van der Waals surface area contributed by atoms with E-state index in [4.69, 9.17) is 4.42 Å². The van der Waals surface area contributed by atoms with Crippen molar-refractivity contribution < 1.29 is 13.0 Å². The van der Waals surface area contributed by atoms with E-state index in [1.807, 2.05) is 31.2 Å². The van der Waals surface area contributed by atoms with E-state index >= 15 is 0 Å². The fourth-order valence-corrected chi connectivity index (χ4v) is 3.35. The highest BCUT2D eigenvalue weighted by Gasteiger charge is 2.11. The molecule has 3 rings (SSSR count). The Hall–Kier alpha value is -2.27. The molecule has 0 saturated heterocycles. The Bertz CT molecular complexity index is 827. The number of benzene rings is 2. The molecule has 0 spiro atoms. The third kappa shape index (κ3) is 3.93. The fraction of sp³-hybridized carbons (Fsp3) is 0.167. The van der Waals surface area contributed by atoms with Crippen molar-refractivity contribution in [1.82, 2.24) is 4.98 Å². The second-order valence-corrected chi connectivity index (χ2v) is 6.79. The van der Waals surface area contributed by atoms with Crippen LogP contribution in [0.25, 0.3) is 11.5 Å². The molecule has 0 aliphatic rings. The van der Waals surface area contributed by atoms with E-state index in [0.29, 0.717) is 17.1 Å². The van der Waals surface area contributed by atoms with Gasteiger partial charge in [0.15, 0.2) is 0 Å². The minimum atomic E-state index is -1.24. The number of oxazole rings is 1. The summed E-state index contributed by atoms with van der Waals surface area (Å²) in [5, 5.41) is 0. The Balaban J connectivity index is 1.68. The molecule has 3 aromatic rings. The molecular formula is C18H16FNO2S. The minimum Gasteiger partial charge on any atom is -0.444 e. The molecule has 2 aromatic carbocycles. The van der Waals surface area contributed by atoms with Crippen molar-refractivity contribution in [2.75, 3.05) is 0 Å². The van der Waals surface area contributed by atoms with Crippen LogP contribution in [0.3, 0.4) is 0 Å². The second kappa shape index (κ2) is 6.87. The normalized spacial score (nSPS) is 12.3. The summed E-state index contributed by atoms with van der Waals surface area (Å²) in [6, 6.07) is 14.2. The van der Waals surface area contributed by atoms with Gasteiger partial charge in [0.05, 0.1) is 17.2 Å². The standard InChI is InChI=1S/C18H16FNO2S/c1-13-6-8-14(9-7-13)18-20-16(10-22-18)12-23(21)11-15-4-2-3-5-17(15)19/h2-10H,11-12H2,1H3/t23-/m0/s1. The smallest absolute Gasteiger partial charge is 0.226 e. The molecule has 23 heavy (non-hydrogen) atoms. The lowest BCUT2D eigenvalue weighted by Crippen LogP contribution is -2.01. The van der Waals surface area contributed by atoms with Crippen LogP contribution in [0.4, 0.5) is 4.39 Å². The van der Waals surface area contributed by atoms with E-state index in [0.717, 1.165) is 11.1 Å². The lowest BCUT2D eigenvalue weighted by molar-refractivity contribution is 0.573. The van der Waals surface area contributed by atoms with Crippen molar-refractivity contribution in [3.8, 4) is 11.5 Å². The molecule has 5 heteroatoms. The fourth-order valence-electron chi connectivity index (χ4n) is 2.21. The van der Waals surface area contributed by atoms with Crippen LogP contribution in [0.2, 0.25) is 0 Å². The van der Waals surface area contributed by atoms with Gasteiger partial charge in [0.1, 0.15) is 12.1 Å². The molecule has 118 valence electrons. The Labute approximate surface area is 136 Å². The summed E-state index contributed by atoms with van der Waals surface area (Å²) >= 11 is 0. The average Bonchev–Trinajstić information content (AvgIpc) is 2.98. The number of aryl methyl sites for hydroxylation is 1. The van der Waals surface area contributed by atoms with Gasteiger partial charge in [0.25, 0.3) is 0 Å². The minimum absolute atomic E-state index is 0.166. The maximum Gasteiger partial charge on any atom is 0.226 e. The summed E-state index contributed by atoms with van der Waals surface area (Å²) in [4.78, 5) is 4.36. The van der Waals surface area contributed by atoms with E-state index < -0.39 is 10.8 Å². The third-order valence-corrected chi connectivity index (χ3v) is 4.68. The molecule has 0 radical (unpaired) electrons. The van der Waals surface area contributed by atoms with Crippen molar-refractivity contribution in [2.45, 2.75) is 18.4 Å². The van der Waals surface area contributed by atoms with Gasteiger partial charge in [-0.05, 0) is 25.1 Å². The van der Waals surface area contributed by atoms with Gasteiger partial charge in [-0.15, -0.1) is 0 Å². The van der Waals surface area contributed by atoms with E-state index in [9.17, 15) is 8.60 Å². The van der Waals surface area contributed by atoms with Crippen molar-refractivity contribution in [3.05, 3.63) is 77.4 Å². The number of hydrogen-bond acceptors (Lipinski definition) is 3.